The molecule has 0 aliphatic rings. The summed E-state index contributed by atoms with van der Waals surface area (Å²) in [6.45, 7) is 0. The molecular formula is C11H11N5O5. The molecule has 0 saturated carbocycles. The van der Waals surface area contributed by atoms with Gasteiger partial charge < -0.3 is 16.7 Å². The van der Waals surface area contributed by atoms with E-state index in [0.717, 1.165) is 16.9 Å². The van der Waals surface area contributed by atoms with Crippen molar-refractivity contribution in [2.75, 3.05) is 11.5 Å². The van der Waals surface area contributed by atoms with Crippen molar-refractivity contribution in [3.05, 3.63) is 68.2 Å². The smallest absolute Gasteiger partial charge is 0.299 e. The van der Waals surface area contributed by atoms with E-state index in [1.807, 2.05) is 0 Å². The minimum absolute atomic E-state index is 0.196. The number of nitrogen functional groups attached to an aromatic ring is 2. The number of nitro benzene ring substituents is 2. The van der Waals surface area contributed by atoms with Crippen molar-refractivity contribution in [1.82, 2.24) is 0 Å². The van der Waals surface area contributed by atoms with Crippen LogP contribution in [0.25, 0.3) is 0 Å². The van der Waals surface area contributed by atoms with Crippen LogP contribution in [0.4, 0.5) is 22.7 Å². The molecular weight excluding hydrogens is 282 g/mol. The average molecular weight is 293 g/mol. The number of nitrogens with zero attached hydrogens (tertiary/aromatic N) is 3. The quantitative estimate of drug-likeness (QED) is 0.273. The number of anilines is 2. The third-order valence-electron chi connectivity index (χ3n) is 2.26. The van der Waals surface area contributed by atoms with E-state index in [9.17, 15) is 25.4 Å². The lowest BCUT2D eigenvalue weighted by atomic mass is 10.2. The average Bonchev–Trinajstić information content (AvgIpc) is 2.39. The van der Waals surface area contributed by atoms with Crippen LogP contribution in [0, 0.1) is 25.4 Å². The fraction of sp³-hybridized carbons (Fsp3) is 0. The third-order valence-corrected chi connectivity index (χ3v) is 2.26. The summed E-state index contributed by atoms with van der Waals surface area (Å²) in [7, 11) is 0. The lowest BCUT2D eigenvalue weighted by Crippen LogP contribution is -2.22. The highest BCUT2D eigenvalue weighted by atomic mass is 16.6. The number of nitrogens with two attached hydrogens (primary N) is 2. The maximum absolute atomic E-state index is 10.4. The van der Waals surface area contributed by atoms with E-state index in [-0.39, 0.29) is 11.4 Å². The maximum atomic E-state index is 10.4. The van der Waals surface area contributed by atoms with Gasteiger partial charge in [-0.05, 0) is 6.07 Å². The minimum atomic E-state index is -0.804. The van der Waals surface area contributed by atoms with Gasteiger partial charge in [-0.25, -0.2) is 0 Å². The van der Waals surface area contributed by atoms with Crippen molar-refractivity contribution in [2.45, 2.75) is 0 Å². The van der Waals surface area contributed by atoms with E-state index in [1.54, 1.807) is 18.2 Å². The van der Waals surface area contributed by atoms with Crippen molar-refractivity contribution < 1.29 is 14.6 Å². The van der Waals surface area contributed by atoms with Gasteiger partial charge >= 0.3 is 0 Å². The highest BCUT2D eigenvalue weighted by Crippen LogP contribution is 2.31. The molecule has 1 heterocycles. The summed E-state index contributed by atoms with van der Waals surface area (Å²) < 4.78 is 0.750. The van der Waals surface area contributed by atoms with Gasteiger partial charge in [-0.15, -0.1) is 0 Å². The summed E-state index contributed by atoms with van der Waals surface area (Å²) >= 11 is 0. The Bertz CT molecular complexity index is 626. The van der Waals surface area contributed by atoms with Gasteiger partial charge in [0.1, 0.15) is 11.4 Å². The van der Waals surface area contributed by atoms with Gasteiger partial charge in [0, 0.05) is 12.1 Å². The van der Waals surface area contributed by atoms with Gasteiger partial charge in [0.05, 0.1) is 15.9 Å². The zero-order valence-electron chi connectivity index (χ0n) is 10.6. The SMILES string of the molecule is Nc1cc(N)c([N+](=O)[O-])cc1[N+](=O)[O-].[O-][n+]1ccccc1. The molecule has 21 heavy (non-hydrogen) atoms. The molecule has 4 N–H and O–H groups in total. The summed E-state index contributed by atoms with van der Waals surface area (Å²) in [5.41, 5.74) is 9.06. The fourth-order valence-electron chi connectivity index (χ4n) is 1.31. The molecule has 2 aromatic rings. The Morgan fingerprint density at radius 2 is 1.29 bits per heavy atom. The normalized spacial score (nSPS) is 9.33. The van der Waals surface area contributed by atoms with Crippen molar-refractivity contribution in [1.29, 1.82) is 0 Å². The second-order valence-corrected chi connectivity index (χ2v) is 3.72. The van der Waals surface area contributed by atoms with Crippen LogP contribution < -0.4 is 16.2 Å². The predicted octanol–water partition coefficient (Wildman–Crippen LogP) is 0.987. The van der Waals surface area contributed by atoms with Crippen LogP contribution in [0.15, 0.2) is 42.7 Å². The molecule has 1 aromatic heterocycles. The Hall–Kier alpha value is -3.43. The van der Waals surface area contributed by atoms with Gasteiger partial charge in [-0.1, -0.05) is 6.07 Å². The highest BCUT2D eigenvalue weighted by Gasteiger charge is 2.21. The van der Waals surface area contributed by atoms with Gasteiger partial charge in [0.2, 0.25) is 0 Å². The number of hydrogen-bond donors (Lipinski definition) is 2. The molecule has 10 nitrogen and oxygen atoms in total. The predicted molar refractivity (Wildman–Crippen MR) is 74.0 cm³/mol. The van der Waals surface area contributed by atoms with E-state index in [0.29, 0.717) is 0 Å². The fourth-order valence-corrected chi connectivity index (χ4v) is 1.31. The molecule has 0 atom stereocenters. The Morgan fingerprint density at radius 3 is 1.57 bits per heavy atom. The molecule has 0 spiro atoms. The molecule has 0 bridgehead atoms. The largest absolute Gasteiger partial charge is 0.619 e. The minimum Gasteiger partial charge on any atom is -0.619 e. The van der Waals surface area contributed by atoms with Crippen molar-refractivity contribution in [3.8, 4) is 0 Å². The molecule has 110 valence electrons. The molecule has 0 aliphatic carbocycles. The first-order chi connectivity index (χ1) is 9.82. The summed E-state index contributed by atoms with van der Waals surface area (Å²) in [6.07, 6.45) is 2.89. The topological polar surface area (TPSA) is 165 Å². The second-order valence-electron chi connectivity index (χ2n) is 3.72. The van der Waals surface area contributed by atoms with E-state index >= 15 is 0 Å². The lowest BCUT2D eigenvalue weighted by Gasteiger charge is -1.99. The zero-order chi connectivity index (χ0) is 16.0. The molecule has 0 fully saturated rings. The van der Waals surface area contributed by atoms with Crippen LogP contribution in [0.3, 0.4) is 0 Å². The number of nitro groups is 2. The van der Waals surface area contributed by atoms with Crippen LogP contribution in [0.1, 0.15) is 0 Å². The van der Waals surface area contributed by atoms with Crippen LogP contribution in [-0.4, -0.2) is 9.85 Å². The highest BCUT2D eigenvalue weighted by molar-refractivity contribution is 5.73. The van der Waals surface area contributed by atoms with Crippen LogP contribution in [0.5, 0.6) is 0 Å². The lowest BCUT2D eigenvalue weighted by molar-refractivity contribution is -0.605. The first kappa shape index (κ1) is 15.6. The zero-order valence-corrected chi connectivity index (χ0v) is 10.6. The van der Waals surface area contributed by atoms with Crippen molar-refractivity contribution in [3.63, 3.8) is 0 Å². The van der Waals surface area contributed by atoms with Gasteiger partial charge in [0.15, 0.2) is 12.4 Å². The molecule has 2 rings (SSSR count). The second kappa shape index (κ2) is 6.65. The molecule has 0 saturated heterocycles. The molecule has 10 heteroatoms. The molecule has 0 aliphatic heterocycles. The number of rotatable bonds is 2. The van der Waals surface area contributed by atoms with Gasteiger partial charge in [-0.2, -0.15) is 4.73 Å². The molecule has 0 amide bonds. The molecule has 1 aromatic carbocycles. The Balaban J connectivity index is 0.000000262. The molecule has 0 unspecified atom stereocenters. The van der Waals surface area contributed by atoms with Crippen molar-refractivity contribution in [2.24, 2.45) is 0 Å². The van der Waals surface area contributed by atoms with Crippen LogP contribution in [-0.2, 0) is 0 Å². The number of hydrogen-bond acceptors (Lipinski definition) is 7. The number of aromatic nitrogens is 1. The number of benzene rings is 1. The Morgan fingerprint density at radius 1 is 0.857 bits per heavy atom. The van der Waals surface area contributed by atoms with Gasteiger partial charge in [-0.3, -0.25) is 20.2 Å². The summed E-state index contributed by atoms with van der Waals surface area (Å²) in [6, 6.07) is 6.91. The molecule has 0 radical (unpaired) electrons. The summed E-state index contributed by atoms with van der Waals surface area (Å²) in [5, 5.41) is 30.9. The van der Waals surface area contributed by atoms with Crippen molar-refractivity contribution >= 4 is 22.7 Å². The Labute approximate surface area is 118 Å². The first-order valence-electron chi connectivity index (χ1n) is 5.44. The van der Waals surface area contributed by atoms with E-state index < -0.39 is 21.2 Å². The maximum Gasteiger partial charge on any atom is 0.299 e. The first-order valence-corrected chi connectivity index (χ1v) is 5.44. The van der Waals surface area contributed by atoms with E-state index in [4.69, 9.17) is 11.5 Å². The van der Waals surface area contributed by atoms with Crippen LogP contribution >= 0.6 is 0 Å². The Kier molecular flexibility index (Phi) is 4.95. The summed E-state index contributed by atoms with van der Waals surface area (Å²) in [4.78, 5) is 19.1. The standard InChI is InChI=1S/C6H6N4O4.C5H5NO/c7-3-1-4(8)6(10(13)14)2-5(3)9(11)12;7-6-4-2-1-3-5-6/h1-2H,7-8H2;1-5H. The number of pyridine rings is 1. The van der Waals surface area contributed by atoms with E-state index in [1.165, 1.54) is 12.4 Å². The van der Waals surface area contributed by atoms with Gasteiger partial charge in [0.25, 0.3) is 11.4 Å². The van der Waals surface area contributed by atoms with Crippen LogP contribution in [0.2, 0.25) is 0 Å². The van der Waals surface area contributed by atoms with E-state index in [2.05, 4.69) is 0 Å². The third kappa shape index (κ3) is 4.31. The monoisotopic (exact) mass is 293 g/mol. The summed E-state index contributed by atoms with van der Waals surface area (Å²) in [5.74, 6) is 0.